The molecule has 3 rings (SSSR count). The van der Waals surface area contributed by atoms with Crippen LogP contribution in [0.4, 0.5) is 4.79 Å². The number of amides is 2. The van der Waals surface area contributed by atoms with Gasteiger partial charge in [-0.25, -0.2) is 9.78 Å². The molecule has 1 saturated heterocycles. The Kier molecular flexibility index (Phi) is 8.94. The first kappa shape index (κ1) is 22.8. The molecule has 2 heterocycles. The van der Waals surface area contributed by atoms with Crippen molar-refractivity contribution in [2.24, 2.45) is 0 Å². The van der Waals surface area contributed by atoms with Crippen molar-refractivity contribution in [1.29, 1.82) is 0 Å². The number of rotatable bonds is 11. The van der Waals surface area contributed by atoms with Crippen LogP contribution in [0, 0.1) is 0 Å². The number of benzene rings is 1. The van der Waals surface area contributed by atoms with Gasteiger partial charge in [-0.3, -0.25) is 9.69 Å². The van der Waals surface area contributed by atoms with Crippen molar-refractivity contribution >= 4 is 12.0 Å². The number of hydrogen-bond donors (Lipinski definition) is 1. The second-order valence-electron chi connectivity index (χ2n) is 7.99. The minimum Gasteiger partial charge on any atom is -0.446 e. The van der Waals surface area contributed by atoms with E-state index in [0.29, 0.717) is 19.0 Å². The van der Waals surface area contributed by atoms with Crippen LogP contribution in [0.25, 0.3) is 0 Å². The third-order valence-electron chi connectivity index (χ3n) is 5.55. The molecular formula is C24H33N3O4. The molecule has 0 aliphatic carbocycles. The Morgan fingerprint density at radius 1 is 1.16 bits per heavy atom. The smallest absolute Gasteiger partial charge is 0.410 e. The molecule has 0 bridgehead atoms. The van der Waals surface area contributed by atoms with Gasteiger partial charge in [0, 0.05) is 13.1 Å². The fourth-order valence-corrected chi connectivity index (χ4v) is 3.79. The molecule has 7 heteroatoms. The topological polar surface area (TPSA) is 84.7 Å². The number of unbranched alkanes of at least 4 members (excludes halogenated alkanes) is 5. The Hall–Kier alpha value is -2.83. The van der Waals surface area contributed by atoms with E-state index in [1.54, 1.807) is 4.90 Å². The van der Waals surface area contributed by atoms with Gasteiger partial charge in [0.05, 0.1) is 0 Å². The minimum atomic E-state index is -0.390. The molecular weight excluding hydrogens is 394 g/mol. The van der Waals surface area contributed by atoms with Crippen molar-refractivity contribution in [3.05, 3.63) is 53.7 Å². The van der Waals surface area contributed by atoms with E-state index < -0.39 is 6.09 Å². The standard InChI is InChI=1S/C24H33N3O4/c1-2-3-4-5-6-10-15-25-22(28)20-18-30-23(26-20)21-14-11-16-27(21)24(29)31-17-19-12-8-7-9-13-19/h7-9,12-13,18,21H,2-6,10-11,14-17H2,1H3,(H,25,28). The molecule has 0 spiro atoms. The van der Waals surface area contributed by atoms with Gasteiger partial charge in [-0.1, -0.05) is 69.4 Å². The van der Waals surface area contributed by atoms with E-state index in [-0.39, 0.29) is 24.2 Å². The summed E-state index contributed by atoms with van der Waals surface area (Å²) in [7, 11) is 0. The van der Waals surface area contributed by atoms with Gasteiger partial charge >= 0.3 is 6.09 Å². The number of likely N-dealkylation sites (tertiary alicyclic amines) is 1. The average molecular weight is 428 g/mol. The first-order valence-electron chi connectivity index (χ1n) is 11.4. The Balaban J connectivity index is 1.46. The highest BCUT2D eigenvalue weighted by Gasteiger charge is 2.34. The first-order chi connectivity index (χ1) is 15.2. The van der Waals surface area contributed by atoms with Crippen LogP contribution in [-0.4, -0.2) is 35.0 Å². The lowest BCUT2D eigenvalue weighted by atomic mass is 10.1. The lowest BCUT2D eigenvalue weighted by molar-refractivity contribution is 0.0878. The minimum absolute atomic E-state index is 0.223. The van der Waals surface area contributed by atoms with Gasteiger partial charge in [-0.2, -0.15) is 0 Å². The normalized spacial score (nSPS) is 15.8. The van der Waals surface area contributed by atoms with E-state index in [1.165, 1.54) is 31.9 Å². The Bertz CT molecular complexity index is 821. The first-order valence-corrected chi connectivity index (χ1v) is 11.4. The second kappa shape index (κ2) is 12.1. The molecule has 1 atom stereocenters. The maximum absolute atomic E-state index is 12.6. The third kappa shape index (κ3) is 6.84. The molecule has 1 fully saturated rings. The van der Waals surface area contributed by atoms with Gasteiger partial charge < -0.3 is 14.5 Å². The summed E-state index contributed by atoms with van der Waals surface area (Å²) in [6.07, 6.45) is 9.60. The molecule has 2 aromatic rings. The van der Waals surface area contributed by atoms with E-state index in [0.717, 1.165) is 31.2 Å². The molecule has 0 radical (unpaired) electrons. The summed E-state index contributed by atoms with van der Waals surface area (Å²) >= 11 is 0. The molecule has 0 saturated carbocycles. The van der Waals surface area contributed by atoms with E-state index in [4.69, 9.17) is 9.15 Å². The Morgan fingerprint density at radius 2 is 1.94 bits per heavy atom. The van der Waals surface area contributed by atoms with Crippen LogP contribution in [0.2, 0.25) is 0 Å². The lowest BCUT2D eigenvalue weighted by Gasteiger charge is -2.21. The molecule has 1 aromatic carbocycles. The maximum atomic E-state index is 12.6. The monoisotopic (exact) mass is 427 g/mol. The number of carbonyl (C=O) groups is 2. The van der Waals surface area contributed by atoms with Gasteiger partial charge in [0.15, 0.2) is 5.69 Å². The molecule has 1 N–H and O–H groups in total. The fraction of sp³-hybridized carbons (Fsp3) is 0.542. The number of nitrogens with zero attached hydrogens (tertiary/aromatic N) is 2. The summed E-state index contributed by atoms with van der Waals surface area (Å²) in [5, 5.41) is 2.90. The molecule has 2 amide bonds. The maximum Gasteiger partial charge on any atom is 0.410 e. The molecule has 1 aliphatic heterocycles. The van der Waals surface area contributed by atoms with E-state index in [2.05, 4.69) is 17.2 Å². The summed E-state index contributed by atoms with van der Waals surface area (Å²) < 4.78 is 11.0. The van der Waals surface area contributed by atoms with Crippen LogP contribution in [-0.2, 0) is 11.3 Å². The number of nitrogens with one attached hydrogen (secondary N) is 1. The van der Waals surface area contributed by atoms with Crippen molar-refractivity contribution < 1.29 is 18.7 Å². The second-order valence-corrected chi connectivity index (χ2v) is 7.99. The summed E-state index contributed by atoms with van der Waals surface area (Å²) in [4.78, 5) is 30.9. The van der Waals surface area contributed by atoms with Crippen LogP contribution < -0.4 is 5.32 Å². The zero-order valence-electron chi connectivity index (χ0n) is 18.3. The number of oxazole rings is 1. The molecule has 31 heavy (non-hydrogen) atoms. The largest absolute Gasteiger partial charge is 0.446 e. The highest BCUT2D eigenvalue weighted by atomic mass is 16.6. The van der Waals surface area contributed by atoms with Crippen molar-refractivity contribution in [2.75, 3.05) is 13.1 Å². The number of hydrogen-bond acceptors (Lipinski definition) is 5. The van der Waals surface area contributed by atoms with Crippen LogP contribution in [0.1, 0.15) is 86.3 Å². The zero-order chi connectivity index (χ0) is 21.9. The fourth-order valence-electron chi connectivity index (χ4n) is 3.79. The van der Waals surface area contributed by atoms with E-state index >= 15 is 0 Å². The summed E-state index contributed by atoms with van der Waals surface area (Å²) in [6.45, 7) is 3.64. The highest BCUT2D eigenvalue weighted by Crippen LogP contribution is 2.32. The van der Waals surface area contributed by atoms with Crippen molar-refractivity contribution in [2.45, 2.75) is 70.9 Å². The summed E-state index contributed by atoms with van der Waals surface area (Å²) in [5.74, 6) is 0.152. The summed E-state index contributed by atoms with van der Waals surface area (Å²) in [6, 6.07) is 9.27. The number of carbonyl (C=O) groups excluding carboxylic acids is 2. The van der Waals surface area contributed by atoms with Gasteiger partial charge in [0.25, 0.3) is 5.91 Å². The molecule has 1 aromatic heterocycles. The van der Waals surface area contributed by atoms with Crippen LogP contribution in [0.3, 0.4) is 0 Å². The van der Waals surface area contributed by atoms with Gasteiger partial charge in [0.2, 0.25) is 5.89 Å². The highest BCUT2D eigenvalue weighted by molar-refractivity contribution is 5.91. The van der Waals surface area contributed by atoms with Gasteiger partial charge in [-0.15, -0.1) is 0 Å². The third-order valence-corrected chi connectivity index (χ3v) is 5.55. The molecule has 1 unspecified atom stereocenters. The van der Waals surface area contributed by atoms with Crippen molar-refractivity contribution in [3.63, 3.8) is 0 Å². The van der Waals surface area contributed by atoms with Crippen LogP contribution >= 0.6 is 0 Å². The van der Waals surface area contributed by atoms with Gasteiger partial charge in [0.1, 0.15) is 18.9 Å². The predicted octanol–water partition coefficient (Wildman–Crippen LogP) is 5.24. The molecule has 7 nitrogen and oxygen atoms in total. The van der Waals surface area contributed by atoms with Crippen molar-refractivity contribution in [1.82, 2.24) is 15.2 Å². The van der Waals surface area contributed by atoms with Crippen molar-refractivity contribution in [3.8, 4) is 0 Å². The predicted molar refractivity (Wildman–Crippen MR) is 118 cm³/mol. The Morgan fingerprint density at radius 3 is 2.74 bits per heavy atom. The SMILES string of the molecule is CCCCCCCCNC(=O)c1coc(C2CCCN2C(=O)OCc2ccccc2)n1. The quantitative estimate of drug-likeness (QED) is 0.496. The van der Waals surface area contributed by atoms with E-state index in [9.17, 15) is 9.59 Å². The zero-order valence-corrected chi connectivity index (χ0v) is 18.3. The Labute approximate surface area is 184 Å². The number of aromatic nitrogens is 1. The van der Waals surface area contributed by atoms with Crippen LogP contribution in [0.5, 0.6) is 0 Å². The van der Waals surface area contributed by atoms with Crippen LogP contribution in [0.15, 0.2) is 41.0 Å². The lowest BCUT2D eigenvalue weighted by Crippen LogP contribution is -2.31. The number of ether oxygens (including phenoxy) is 1. The molecule has 168 valence electrons. The van der Waals surface area contributed by atoms with E-state index in [1.807, 2.05) is 30.3 Å². The molecule has 1 aliphatic rings. The average Bonchev–Trinajstić information content (AvgIpc) is 3.47. The summed E-state index contributed by atoms with van der Waals surface area (Å²) in [5.41, 5.74) is 1.19. The van der Waals surface area contributed by atoms with Gasteiger partial charge in [-0.05, 0) is 24.8 Å².